The monoisotopic (exact) mass is 563 g/mol. The maximum Gasteiger partial charge on any atom is 0.419 e. The first kappa shape index (κ1) is 30.4. The van der Waals surface area contributed by atoms with Gasteiger partial charge in [0, 0.05) is 48.3 Å². The molecule has 1 aliphatic heterocycles. The Labute approximate surface area is 244 Å². The molecule has 2 aromatic heterocycles. The van der Waals surface area contributed by atoms with Gasteiger partial charge in [0.05, 0.1) is 11.2 Å². The Morgan fingerprint density at radius 2 is 1.44 bits per heavy atom. The van der Waals surface area contributed by atoms with Crippen LogP contribution in [0.25, 0.3) is 22.2 Å². The number of fused-ring (bicyclic) bond motifs is 1. The summed E-state index contributed by atoms with van der Waals surface area (Å²) in [5.74, 6) is 0.863. The second-order valence-corrected chi connectivity index (χ2v) is 13.3. The normalized spacial score (nSPS) is 15.0. The topological polar surface area (TPSA) is 82.9 Å². The average molecular weight is 564 g/mol. The first-order chi connectivity index (χ1) is 19.0. The van der Waals surface area contributed by atoms with Gasteiger partial charge >= 0.3 is 12.2 Å². The smallest absolute Gasteiger partial charge is 0.419 e. The Bertz CT molecular complexity index is 1410. The van der Waals surface area contributed by atoms with E-state index in [0.717, 1.165) is 44.9 Å². The molecule has 0 bridgehead atoms. The van der Waals surface area contributed by atoms with Gasteiger partial charge in [-0.2, -0.15) is 0 Å². The van der Waals surface area contributed by atoms with Crippen LogP contribution in [0.4, 0.5) is 9.59 Å². The number of likely N-dealkylation sites (tertiary alicyclic amines) is 1. The van der Waals surface area contributed by atoms with Crippen molar-refractivity contribution in [3.8, 4) is 17.0 Å². The summed E-state index contributed by atoms with van der Waals surface area (Å²) in [7, 11) is 0. The second kappa shape index (κ2) is 11.4. The quantitative estimate of drug-likeness (QED) is 0.320. The van der Waals surface area contributed by atoms with Gasteiger partial charge in [-0.3, -0.25) is 4.98 Å². The first-order valence-corrected chi connectivity index (χ1v) is 14.5. The summed E-state index contributed by atoms with van der Waals surface area (Å²) in [6.07, 6.45) is 0.713. The van der Waals surface area contributed by atoms with Crippen molar-refractivity contribution in [1.29, 1.82) is 0 Å². The van der Waals surface area contributed by atoms with Crippen molar-refractivity contribution in [2.75, 3.05) is 13.1 Å². The van der Waals surface area contributed by atoms with Gasteiger partial charge in [-0.05, 0) is 97.2 Å². The van der Waals surface area contributed by atoms with E-state index in [1.165, 1.54) is 0 Å². The number of pyridine rings is 1. The molecule has 1 aliphatic rings. The number of hydrogen-bond donors (Lipinski definition) is 0. The van der Waals surface area contributed by atoms with Gasteiger partial charge in [-0.25, -0.2) is 14.2 Å². The highest BCUT2D eigenvalue weighted by atomic mass is 16.6. The standard InChI is InChI=1S/C33H45N3O5/c1-20(2)28-26-19-25(39-24-13-15-35(16-14-24)30(37)40-32(5,6)7)11-12-27(26)36(31(38)41-33(8,9)10)29(28)23-17-21(3)34-22(4)18-23/h11-12,17-20,24H,13-16H2,1-10H3. The summed E-state index contributed by atoms with van der Waals surface area (Å²) in [5, 5.41) is 0.955. The lowest BCUT2D eigenvalue weighted by molar-refractivity contribution is 0.0126. The molecule has 0 atom stereocenters. The van der Waals surface area contributed by atoms with E-state index in [9.17, 15) is 9.59 Å². The van der Waals surface area contributed by atoms with Crippen molar-refractivity contribution in [3.05, 3.63) is 47.3 Å². The van der Waals surface area contributed by atoms with E-state index in [2.05, 4.69) is 18.8 Å². The molecule has 8 nitrogen and oxygen atoms in total. The maximum absolute atomic E-state index is 13.7. The van der Waals surface area contributed by atoms with Gasteiger partial charge in [0.1, 0.15) is 23.1 Å². The summed E-state index contributed by atoms with van der Waals surface area (Å²) >= 11 is 0. The van der Waals surface area contributed by atoms with Gasteiger partial charge < -0.3 is 19.1 Å². The number of carbonyl (C=O) groups excluding carboxylic acids is 2. The molecule has 0 radical (unpaired) electrons. The van der Waals surface area contributed by atoms with Crippen LogP contribution in [0.3, 0.4) is 0 Å². The number of nitrogens with zero attached hydrogens (tertiary/aromatic N) is 3. The maximum atomic E-state index is 13.7. The van der Waals surface area contributed by atoms with Gasteiger partial charge in [0.25, 0.3) is 0 Å². The van der Waals surface area contributed by atoms with Crippen LogP contribution < -0.4 is 4.74 Å². The van der Waals surface area contributed by atoms with Crippen molar-refractivity contribution < 1.29 is 23.8 Å². The lowest BCUT2D eigenvalue weighted by Crippen LogP contribution is -2.44. The summed E-state index contributed by atoms with van der Waals surface area (Å²) in [5.41, 5.74) is 4.19. The van der Waals surface area contributed by atoms with E-state index < -0.39 is 17.3 Å². The van der Waals surface area contributed by atoms with Crippen molar-refractivity contribution in [1.82, 2.24) is 14.5 Å². The molecule has 0 unspecified atom stereocenters. The summed E-state index contributed by atoms with van der Waals surface area (Å²) in [4.78, 5) is 32.5. The molecule has 41 heavy (non-hydrogen) atoms. The Kier molecular flexibility index (Phi) is 8.44. The van der Waals surface area contributed by atoms with E-state index in [4.69, 9.17) is 14.2 Å². The predicted molar refractivity (Wildman–Crippen MR) is 162 cm³/mol. The number of carbonyl (C=O) groups is 2. The minimum Gasteiger partial charge on any atom is -0.490 e. The fraction of sp³-hybridized carbons (Fsp3) is 0.545. The van der Waals surface area contributed by atoms with Crippen LogP contribution in [0.5, 0.6) is 5.75 Å². The summed E-state index contributed by atoms with van der Waals surface area (Å²) in [6, 6.07) is 9.94. The number of aromatic nitrogens is 2. The van der Waals surface area contributed by atoms with Crippen LogP contribution in [0.15, 0.2) is 30.3 Å². The molecule has 3 heterocycles. The lowest BCUT2D eigenvalue weighted by atomic mass is 9.95. The second-order valence-electron chi connectivity index (χ2n) is 13.3. The third-order valence-electron chi connectivity index (χ3n) is 6.88. The average Bonchev–Trinajstić information content (AvgIpc) is 3.17. The SMILES string of the molecule is Cc1cc(-c2c(C(C)C)c3cc(OC4CCN(C(=O)OC(C)(C)C)CC4)ccc3n2C(=O)OC(C)(C)C)cc(C)n1. The van der Waals surface area contributed by atoms with Crippen molar-refractivity contribution >= 4 is 23.1 Å². The van der Waals surface area contributed by atoms with Crippen LogP contribution >= 0.6 is 0 Å². The number of benzene rings is 1. The minimum absolute atomic E-state index is 0.0217. The number of piperidine rings is 1. The van der Waals surface area contributed by atoms with Crippen LogP contribution in [-0.4, -0.2) is 57.0 Å². The number of ether oxygens (including phenoxy) is 3. The molecule has 1 fully saturated rings. The Hall–Kier alpha value is -3.55. The molecule has 1 aromatic carbocycles. The highest BCUT2D eigenvalue weighted by molar-refractivity contribution is 6.00. The number of hydrogen-bond acceptors (Lipinski definition) is 6. The molecule has 0 N–H and O–H groups in total. The highest BCUT2D eigenvalue weighted by Crippen LogP contribution is 2.41. The zero-order chi connectivity index (χ0) is 30.3. The fourth-order valence-corrected chi connectivity index (χ4v) is 5.38. The van der Waals surface area contributed by atoms with Crippen LogP contribution in [0.1, 0.15) is 91.1 Å². The third kappa shape index (κ3) is 7.21. The fourth-order valence-electron chi connectivity index (χ4n) is 5.38. The van der Waals surface area contributed by atoms with E-state index in [1.54, 1.807) is 9.47 Å². The molecule has 3 aromatic rings. The first-order valence-electron chi connectivity index (χ1n) is 14.5. The molecule has 4 rings (SSSR count). The summed E-state index contributed by atoms with van der Waals surface area (Å²) < 4.78 is 19.6. The molecule has 222 valence electrons. The number of aryl methyl sites for hydroxylation is 2. The molecular weight excluding hydrogens is 518 g/mol. The molecule has 0 saturated carbocycles. The summed E-state index contributed by atoms with van der Waals surface area (Å²) in [6.45, 7) is 20.6. The lowest BCUT2D eigenvalue weighted by Gasteiger charge is -2.33. The number of amides is 1. The van der Waals surface area contributed by atoms with E-state index >= 15 is 0 Å². The minimum atomic E-state index is -0.649. The molecule has 8 heteroatoms. The predicted octanol–water partition coefficient (Wildman–Crippen LogP) is 8.01. The molecule has 0 aliphatic carbocycles. The molecule has 1 amide bonds. The van der Waals surface area contributed by atoms with Crippen molar-refractivity contribution in [2.45, 2.75) is 105 Å². The van der Waals surface area contributed by atoms with E-state index in [0.29, 0.717) is 25.9 Å². The van der Waals surface area contributed by atoms with Crippen LogP contribution in [-0.2, 0) is 9.47 Å². The largest absolute Gasteiger partial charge is 0.490 e. The third-order valence-corrected chi connectivity index (χ3v) is 6.88. The molecule has 0 spiro atoms. The Balaban J connectivity index is 1.71. The zero-order valence-electron chi connectivity index (χ0n) is 26.3. The van der Waals surface area contributed by atoms with E-state index in [1.807, 2.05) is 85.7 Å². The van der Waals surface area contributed by atoms with Gasteiger partial charge in [-0.1, -0.05) is 13.8 Å². The van der Waals surface area contributed by atoms with Gasteiger partial charge in [0.15, 0.2) is 0 Å². The van der Waals surface area contributed by atoms with Gasteiger partial charge in [0.2, 0.25) is 0 Å². The number of rotatable bonds is 4. The van der Waals surface area contributed by atoms with Crippen molar-refractivity contribution in [3.63, 3.8) is 0 Å². The molecular formula is C33H45N3O5. The Morgan fingerprint density at radius 1 is 0.878 bits per heavy atom. The Morgan fingerprint density at radius 3 is 1.98 bits per heavy atom. The molecule has 1 saturated heterocycles. The van der Waals surface area contributed by atoms with Crippen molar-refractivity contribution in [2.24, 2.45) is 0 Å². The van der Waals surface area contributed by atoms with Gasteiger partial charge in [-0.15, -0.1) is 0 Å². The van der Waals surface area contributed by atoms with Crippen LogP contribution in [0, 0.1) is 13.8 Å². The van der Waals surface area contributed by atoms with Crippen LogP contribution in [0.2, 0.25) is 0 Å². The van der Waals surface area contributed by atoms with E-state index in [-0.39, 0.29) is 18.1 Å². The zero-order valence-corrected chi connectivity index (χ0v) is 26.3. The highest BCUT2D eigenvalue weighted by Gasteiger charge is 2.30.